The Balaban J connectivity index is 1.50. The molecule has 142 valence electrons. The first kappa shape index (κ1) is 18.8. The van der Waals surface area contributed by atoms with Gasteiger partial charge in [-0.25, -0.2) is 13.1 Å². The number of rotatable bonds is 6. The Labute approximate surface area is 153 Å². The van der Waals surface area contributed by atoms with Gasteiger partial charge in [0, 0.05) is 11.6 Å². The Morgan fingerprint density at radius 1 is 1.27 bits per heavy atom. The van der Waals surface area contributed by atoms with E-state index < -0.39 is 15.9 Å². The van der Waals surface area contributed by atoms with E-state index in [4.69, 9.17) is 0 Å². The number of carbonyl (C=O) groups is 2. The second kappa shape index (κ2) is 7.34. The maximum absolute atomic E-state index is 12.3. The van der Waals surface area contributed by atoms with Gasteiger partial charge in [0.25, 0.3) is 0 Å². The first-order valence-electron chi connectivity index (χ1n) is 8.68. The Morgan fingerprint density at radius 2 is 2.00 bits per heavy atom. The van der Waals surface area contributed by atoms with Crippen LogP contribution in [0.2, 0.25) is 0 Å². The van der Waals surface area contributed by atoms with E-state index in [0.717, 1.165) is 32.4 Å². The Hall–Kier alpha value is -1.97. The molecule has 1 unspecified atom stereocenters. The smallest absolute Gasteiger partial charge is 0.243 e. The summed E-state index contributed by atoms with van der Waals surface area (Å²) in [6.45, 7) is 1.75. The molecular formula is C17H24N4O4S. The molecule has 1 aliphatic heterocycles. The van der Waals surface area contributed by atoms with E-state index in [-0.39, 0.29) is 28.7 Å². The molecule has 1 aliphatic carbocycles. The molecule has 1 atom stereocenters. The van der Waals surface area contributed by atoms with Gasteiger partial charge < -0.3 is 16.0 Å². The van der Waals surface area contributed by atoms with E-state index in [1.807, 2.05) is 0 Å². The van der Waals surface area contributed by atoms with Crippen LogP contribution in [0.1, 0.15) is 19.3 Å². The fourth-order valence-electron chi connectivity index (χ4n) is 3.55. The van der Waals surface area contributed by atoms with Crippen molar-refractivity contribution in [2.45, 2.75) is 24.2 Å². The minimum atomic E-state index is -3.58. The van der Waals surface area contributed by atoms with Crippen LogP contribution in [0.25, 0.3) is 0 Å². The monoisotopic (exact) mass is 380 g/mol. The van der Waals surface area contributed by atoms with Gasteiger partial charge in [-0.1, -0.05) is 6.07 Å². The molecule has 2 fully saturated rings. The molecule has 4 N–H and O–H groups in total. The Kier molecular flexibility index (Phi) is 5.31. The zero-order valence-corrected chi connectivity index (χ0v) is 15.5. The van der Waals surface area contributed by atoms with Gasteiger partial charge in [0.15, 0.2) is 0 Å². The molecule has 9 heteroatoms. The lowest BCUT2D eigenvalue weighted by Gasteiger charge is -2.23. The molecule has 2 aliphatic rings. The molecule has 1 saturated heterocycles. The van der Waals surface area contributed by atoms with Gasteiger partial charge in [-0.05, 0) is 63.0 Å². The van der Waals surface area contributed by atoms with Crippen molar-refractivity contribution in [2.75, 3.05) is 32.0 Å². The van der Waals surface area contributed by atoms with Crippen molar-refractivity contribution in [1.82, 2.24) is 15.4 Å². The van der Waals surface area contributed by atoms with Crippen LogP contribution in [0.4, 0.5) is 5.69 Å². The van der Waals surface area contributed by atoms with Crippen molar-refractivity contribution in [1.29, 1.82) is 0 Å². The number of amides is 2. The van der Waals surface area contributed by atoms with Crippen LogP contribution >= 0.6 is 0 Å². The maximum atomic E-state index is 12.3. The van der Waals surface area contributed by atoms with Crippen molar-refractivity contribution in [3.05, 3.63) is 24.3 Å². The number of sulfonamides is 1. The summed E-state index contributed by atoms with van der Waals surface area (Å²) in [4.78, 5) is 24.4. The maximum Gasteiger partial charge on any atom is 0.243 e. The van der Waals surface area contributed by atoms with Crippen LogP contribution in [0.5, 0.6) is 0 Å². The number of anilines is 1. The topological polar surface area (TPSA) is 116 Å². The van der Waals surface area contributed by atoms with Gasteiger partial charge in [-0.2, -0.15) is 0 Å². The molecule has 1 spiro atoms. The summed E-state index contributed by atoms with van der Waals surface area (Å²) in [6, 6.07) is 5.95. The minimum Gasteiger partial charge on any atom is -0.347 e. The summed E-state index contributed by atoms with van der Waals surface area (Å²) >= 11 is 0. The van der Waals surface area contributed by atoms with Gasteiger partial charge in [0.1, 0.15) is 0 Å². The molecule has 8 nitrogen and oxygen atoms in total. The van der Waals surface area contributed by atoms with Gasteiger partial charge in [-0.3, -0.25) is 9.59 Å². The van der Waals surface area contributed by atoms with Crippen LogP contribution in [-0.2, 0) is 19.6 Å². The normalized spacial score (nSPS) is 21.2. The first-order valence-corrected chi connectivity index (χ1v) is 10.2. The molecule has 1 aromatic rings. The van der Waals surface area contributed by atoms with Crippen molar-refractivity contribution in [2.24, 2.45) is 11.3 Å². The summed E-state index contributed by atoms with van der Waals surface area (Å²) < 4.78 is 25.8. The number of piperidine rings is 1. The van der Waals surface area contributed by atoms with E-state index in [2.05, 4.69) is 20.7 Å². The fraction of sp³-hybridized carbons (Fsp3) is 0.529. The molecule has 26 heavy (non-hydrogen) atoms. The fourth-order valence-corrected chi connectivity index (χ4v) is 4.33. The molecular weight excluding hydrogens is 356 g/mol. The van der Waals surface area contributed by atoms with E-state index in [0.29, 0.717) is 5.69 Å². The average Bonchev–Trinajstić information content (AvgIpc) is 3.33. The molecule has 0 bridgehead atoms. The zero-order chi connectivity index (χ0) is 18.8. The third kappa shape index (κ3) is 4.05. The lowest BCUT2D eigenvalue weighted by molar-refractivity contribution is -0.125. The lowest BCUT2D eigenvalue weighted by atomic mass is 9.92. The van der Waals surface area contributed by atoms with Crippen LogP contribution in [-0.4, -0.2) is 46.9 Å². The van der Waals surface area contributed by atoms with Crippen LogP contribution < -0.4 is 20.7 Å². The first-order chi connectivity index (χ1) is 12.4. The predicted octanol–water partition coefficient (Wildman–Crippen LogP) is 0.0391. The summed E-state index contributed by atoms with van der Waals surface area (Å²) in [7, 11) is -2.25. The average molecular weight is 380 g/mol. The highest BCUT2D eigenvalue weighted by Gasteiger charge is 2.57. The number of benzene rings is 1. The Bertz CT molecular complexity index is 803. The van der Waals surface area contributed by atoms with E-state index in [1.54, 1.807) is 12.1 Å². The van der Waals surface area contributed by atoms with E-state index in [9.17, 15) is 18.0 Å². The molecule has 2 amide bonds. The second-order valence-corrected chi connectivity index (χ2v) is 8.76. The summed E-state index contributed by atoms with van der Waals surface area (Å²) in [6.07, 6.45) is 2.90. The molecule has 0 radical (unpaired) electrons. The van der Waals surface area contributed by atoms with Crippen molar-refractivity contribution < 1.29 is 18.0 Å². The third-order valence-corrected chi connectivity index (χ3v) is 6.64. The van der Waals surface area contributed by atoms with Gasteiger partial charge in [0.05, 0.1) is 11.4 Å². The number of hydrogen-bond donors (Lipinski definition) is 4. The highest BCUT2D eigenvalue weighted by atomic mass is 32.2. The SMILES string of the molecule is CNS(=O)(=O)c1cccc(NC(=O)CNC(=O)C2CC23CCNCC3)c1. The van der Waals surface area contributed by atoms with Crippen LogP contribution in [0.3, 0.4) is 0 Å². The van der Waals surface area contributed by atoms with Gasteiger partial charge in [0.2, 0.25) is 21.8 Å². The predicted molar refractivity (Wildman–Crippen MR) is 97.0 cm³/mol. The largest absolute Gasteiger partial charge is 0.347 e. The van der Waals surface area contributed by atoms with E-state index >= 15 is 0 Å². The zero-order valence-electron chi connectivity index (χ0n) is 14.7. The minimum absolute atomic E-state index is 0.00139. The second-order valence-electron chi connectivity index (χ2n) is 6.87. The van der Waals surface area contributed by atoms with Crippen LogP contribution in [0, 0.1) is 11.3 Å². The lowest BCUT2D eigenvalue weighted by Crippen LogP contribution is -2.37. The van der Waals surface area contributed by atoms with E-state index in [1.165, 1.54) is 19.2 Å². The Morgan fingerprint density at radius 3 is 2.69 bits per heavy atom. The number of hydrogen-bond acceptors (Lipinski definition) is 5. The molecule has 1 saturated carbocycles. The highest BCUT2D eigenvalue weighted by Crippen LogP contribution is 2.58. The van der Waals surface area contributed by atoms with Crippen molar-refractivity contribution >= 4 is 27.5 Å². The summed E-state index contributed by atoms with van der Waals surface area (Å²) in [5, 5.41) is 8.59. The standard InChI is InChI=1S/C17H24N4O4S/c1-18-26(24,25)13-4-2-3-12(9-13)21-15(22)11-20-16(23)14-10-17(14)5-7-19-8-6-17/h2-4,9,14,18-19H,5-8,10-11H2,1H3,(H,20,23)(H,21,22). The molecule has 1 aromatic carbocycles. The van der Waals surface area contributed by atoms with Gasteiger partial charge in [-0.15, -0.1) is 0 Å². The van der Waals surface area contributed by atoms with Gasteiger partial charge >= 0.3 is 0 Å². The summed E-state index contributed by atoms with van der Waals surface area (Å²) in [5.74, 6) is -0.465. The number of nitrogens with one attached hydrogen (secondary N) is 4. The van der Waals surface area contributed by atoms with Crippen molar-refractivity contribution in [3.63, 3.8) is 0 Å². The molecule has 1 heterocycles. The molecule has 0 aromatic heterocycles. The third-order valence-electron chi connectivity index (χ3n) is 5.23. The van der Waals surface area contributed by atoms with Crippen molar-refractivity contribution in [3.8, 4) is 0 Å². The quantitative estimate of drug-likeness (QED) is 0.556. The highest BCUT2D eigenvalue weighted by molar-refractivity contribution is 7.89. The van der Waals surface area contributed by atoms with Crippen LogP contribution in [0.15, 0.2) is 29.2 Å². The summed E-state index contributed by atoms with van der Waals surface area (Å²) in [5.41, 5.74) is 0.489. The number of carbonyl (C=O) groups excluding carboxylic acids is 2. The molecule has 3 rings (SSSR count).